The quantitative estimate of drug-likeness (QED) is 0.531. The highest BCUT2D eigenvalue weighted by Crippen LogP contribution is 2.13. The highest BCUT2D eigenvalue weighted by Gasteiger charge is 2.16. The third-order valence-corrected chi connectivity index (χ3v) is 2.67. The maximum absolute atomic E-state index is 5.33. The zero-order valence-corrected chi connectivity index (χ0v) is 10.1. The second kappa shape index (κ2) is 6.46. The molecule has 0 amide bonds. The minimum Gasteiger partial charge on any atom is -0.383 e. The summed E-state index contributed by atoms with van der Waals surface area (Å²) in [4.78, 5) is 4.19. The highest BCUT2D eigenvalue weighted by molar-refractivity contribution is 5.76. The van der Waals surface area contributed by atoms with Crippen molar-refractivity contribution < 1.29 is 9.47 Å². The molecule has 1 aliphatic rings. The van der Waals surface area contributed by atoms with E-state index in [4.69, 9.17) is 9.47 Å². The van der Waals surface area contributed by atoms with Crippen molar-refractivity contribution >= 4 is 6.21 Å². The highest BCUT2D eigenvalue weighted by atomic mass is 16.5. The van der Waals surface area contributed by atoms with Gasteiger partial charge in [0.15, 0.2) is 0 Å². The Balaban J connectivity index is 1.80. The Labute approximate surface area is 101 Å². The summed E-state index contributed by atoms with van der Waals surface area (Å²) in [6.07, 6.45) is 4.75. The van der Waals surface area contributed by atoms with Gasteiger partial charge >= 0.3 is 0 Å². The maximum atomic E-state index is 5.33. The number of aromatic nitrogens is 3. The van der Waals surface area contributed by atoms with Crippen molar-refractivity contribution in [2.75, 3.05) is 33.5 Å². The number of methoxy groups -OCH3 is 1. The molecule has 0 unspecified atom stereocenters. The molecule has 6 heteroatoms. The zero-order chi connectivity index (χ0) is 11.9. The van der Waals surface area contributed by atoms with Crippen molar-refractivity contribution in [3.8, 4) is 0 Å². The normalized spacial score (nSPS) is 20.4. The van der Waals surface area contributed by atoms with Gasteiger partial charge in [0.25, 0.3) is 0 Å². The molecule has 0 aliphatic carbocycles. The number of hydrogen-bond donors (Lipinski definition) is 0. The second-order valence-electron chi connectivity index (χ2n) is 4.12. The van der Waals surface area contributed by atoms with Crippen molar-refractivity contribution in [1.82, 2.24) is 15.0 Å². The van der Waals surface area contributed by atoms with E-state index in [1.54, 1.807) is 13.3 Å². The molecular weight excluding hydrogens is 220 g/mol. The van der Waals surface area contributed by atoms with Gasteiger partial charge in [-0.25, -0.2) is 0 Å². The first-order valence-electron chi connectivity index (χ1n) is 5.85. The summed E-state index contributed by atoms with van der Waals surface area (Å²) < 4.78 is 12.1. The van der Waals surface area contributed by atoms with Gasteiger partial charge in [0.1, 0.15) is 5.69 Å². The van der Waals surface area contributed by atoms with Gasteiger partial charge in [-0.05, 0) is 6.42 Å². The molecule has 1 aliphatic heterocycles. The Morgan fingerprint density at radius 3 is 3.41 bits per heavy atom. The van der Waals surface area contributed by atoms with E-state index in [1.165, 1.54) is 0 Å². The van der Waals surface area contributed by atoms with Crippen LogP contribution in [0.25, 0.3) is 0 Å². The van der Waals surface area contributed by atoms with E-state index in [9.17, 15) is 0 Å². The Morgan fingerprint density at radius 1 is 1.71 bits per heavy atom. The molecule has 0 aromatic carbocycles. The lowest BCUT2D eigenvalue weighted by Gasteiger charge is -2.05. The largest absolute Gasteiger partial charge is 0.383 e. The van der Waals surface area contributed by atoms with E-state index in [1.807, 2.05) is 10.9 Å². The van der Waals surface area contributed by atoms with Crippen molar-refractivity contribution in [3.63, 3.8) is 0 Å². The molecule has 1 atom stereocenters. The predicted octanol–water partition coefficient (Wildman–Crippen LogP) is 0.380. The number of hydrogen-bond acceptors (Lipinski definition) is 5. The minimum atomic E-state index is 0.565. The van der Waals surface area contributed by atoms with Crippen molar-refractivity contribution in [3.05, 3.63) is 11.9 Å². The van der Waals surface area contributed by atoms with Crippen LogP contribution in [0, 0.1) is 5.92 Å². The van der Waals surface area contributed by atoms with Gasteiger partial charge in [0, 0.05) is 26.2 Å². The van der Waals surface area contributed by atoms with Crippen LogP contribution in [0.4, 0.5) is 0 Å². The number of aliphatic imine (C=N–C) groups is 1. The molecule has 0 radical (unpaired) electrons. The second-order valence-corrected chi connectivity index (χ2v) is 4.12. The lowest BCUT2D eigenvalue weighted by molar-refractivity contribution is 0.181. The average Bonchev–Trinajstić information content (AvgIpc) is 2.97. The number of rotatable bonds is 6. The molecule has 6 nitrogen and oxygen atoms in total. The van der Waals surface area contributed by atoms with Crippen LogP contribution in [-0.2, 0) is 16.0 Å². The summed E-state index contributed by atoms with van der Waals surface area (Å²) in [5.74, 6) is 0.565. The fraction of sp³-hybridized carbons (Fsp3) is 0.727. The van der Waals surface area contributed by atoms with Crippen LogP contribution >= 0.6 is 0 Å². The SMILES string of the molecule is COCCN=Cc1cn(C[C@H]2CCOC2)nn1. The summed E-state index contributed by atoms with van der Waals surface area (Å²) in [5, 5.41) is 8.11. The zero-order valence-electron chi connectivity index (χ0n) is 10.1. The first-order valence-corrected chi connectivity index (χ1v) is 5.85. The van der Waals surface area contributed by atoms with Gasteiger partial charge in [-0.3, -0.25) is 9.67 Å². The Bertz CT molecular complexity index is 358. The van der Waals surface area contributed by atoms with Gasteiger partial charge in [0.2, 0.25) is 0 Å². The molecule has 2 rings (SSSR count). The topological polar surface area (TPSA) is 61.5 Å². The third kappa shape index (κ3) is 3.90. The molecule has 0 bridgehead atoms. The lowest BCUT2D eigenvalue weighted by atomic mass is 10.1. The fourth-order valence-electron chi connectivity index (χ4n) is 1.76. The molecule has 0 spiro atoms. The van der Waals surface area contributed by atoms with Crippen molar-refractivity contribution in [2.45, 2.75) is 13.0 Å². The van der Waals surface area contributed by atoms with Crippen LogP contribution in [0.3, 0.4) is 0 Å². The Kier molecular flexibility index (Phi) is 4.63. The smallest absolute Gasteiger partial charge is 0.123 e. The standard InChI is InChI=1S/C11H18N4O2/c1-16-5-3-12-6-11-8-15(14-13-11)7-10-2-4-17-9-10/h6,8,10H,2-5,7,9H2,1H3/t10-/m1/s1. The summed E-state index contributed by atoms with van der Waals surface area (Å²) in [6.45, 7) is 3.85. The van der Waals surface area contributed by atoms with Crippen LogP contribution in [0.15, 0.2) is 11.2 Å². The Hall–Kier alpha value is -1.27. The first kappa shape index (κ1) is 12.2. The van der Waals surface area contributed by atoms with E-state index in [2.05, 4.69) is 15.3 Å². The summed E-state index contributed by atoms with van der Waals surface area (Å²) >= 11 is 0. The molecule has 0 saturated carbocycles. The molecule has 2 heterocycles. The Morgan fingerprint density at radius 2 is 2.65 bits per heavy atom. The van der Waals surface area contributed by atoms with E-state index in [0.29, 0.717) is 19.1 Å². The fourth-order valence-corrected chi connectivity index (χ4v) is 1.76. The monoisotopic (exact) mass is 238 g/mol. The van der Waals surface area contributed by atoms with Crippen LogP contribution in [0.1, 0.15) is 12.1 Å². The van der Waals surface area contributed by atoms with Gasteiger partial charge in [0.05, 0.1) is 32.2 Å². The maximum Gasteiger partial charge on any atom is 0.123 e. The molecule has 0 N–H and O–H groups in total. The third-order valence-electron chi connectivity index (χ3n) is 2.67. The molecule has 1 aromatic rings. The molecule has 1 aromatic heterocycles. The van der Waals surface area contributed by atoms with Crippen molar-refractivity contribution in [1.29, 1.82) is 0 Å². The number of nitrogens with zero attached hydrogens (tertiary/aromatic N) is 4. The summed E-state index contributed by atoms with van der Waals surface area (Å²) in [5.41, 5.74) is 0.792. The first-order chi connectivity index (χ1) is 8.38. The van der Waals surface area contributed by atoms with Gasteiger partial charge in [-0.2, -0.15) is 0 Å². The average molecular weight is 238 g/mol. The van der Waals surface area contributed by atoms with Gasteiger partial charge in [-0.15, -0.1) is 5.10 Å². The van der Waals surface area contributed by atoms with E-state index in [0.717, 1.165) is 31.9 Å². The van der Waals surface area contributed by atoms with Crippen LogP contribution in [0.2, 0.25) is 0 Å². The lowest BCUT2D eigenvalue weighted by Crippen LogP contribution is -2.11. The molecule has 1 saturated heterocycles. The molecule has 1 fully saturated rings. The minimum absolute atomic E-state index is 0.565. The van der Waals surface area contributed by atoms with Crippen LogP contribution in [0.5, 0.6) is 0 Å². The molecule has 17 heavy (non-hydrogen) atoms. The van der Waals surface area contributed by atoms with Crippen molar-refractivity contribution in [2.24, 2.45) is 10.9 Å². The molecular formula is C11H18N4O2. The van der Waals surface area contributed by atoms with Crippen LogP contribution in [-0.4, -0.2) is 54.7 Å². The van der Waals surface area contributed by atoms with E-state index >= 15 is 0 Å². The van der Waals surface area contributed by atoms with E-state index < -0.39 is 0 Å². The summed E-state index contributed by atoms with van der Waals surface area (Å²) in [6, 6.07) is 0. The van der Waals surface area contributed by atoms with Gasteiger partial charge < -0.3 is 9.47 Å². The summed E-state index contributed by atoms with van der Waals surface area (Å²) in [7, 11) is 1.66. The number of ether oxygens (including phenoxy) is 2. The molecule has 94 valence electrons. The predicted molar refractivity (Wildman–Crippen MR) is 63.3 cm³/mol. The van der Waals surface area contributed by atoms with E-state index in [-0.39, 0.29) is 0 Å². The van der Waals surface area contributed by atoms with Crippen LogP contribution < -0.4 is 0 Å². The van der Waals surface area contributed by atoms with Gasteiger partial charge in [-0.1, -0.05) is 5.21 Å².